The maximum absolute atomic E-state index is 12.5. The Labute approximate surface area is 143 Å². The SMILES string of the molecule is CC1=CC(=C2C=C(C)C(=O)c3ccccc32)C=C(C(C)(C)C)C1=O. The summed E-state index contributed by atoms with van der Waals surface area (Å²) in [7, 11) is 0. The molecule has 2 aliphatic rings. The van der Waals surface area contributed by atoms with Gasteiger partial charge in [0.2, 0.25) is 0 Å². The average Bonchev–Trinajstić information content (AvgIpc) is 2.52. The summed E-state index contributed by atoms with van der Waals surface area (Å²) in [5.74, 6) is 0.176. The molecule has 0 heterocycles. The van der Waals surface area contributed by atoms with Crippen molar-refractivity contribution in [2.75, 3.05) is 0 Å². The maximum Gasteiger partial charge on any atom is 0.189 e. The molecule has 2 aliphatic carbocycles. The lowest BCUT2D eigenvalue weighted by Crippen LogP contribution is -2.21. The van der Waals surface area contributed by atoms with Gasteiger partial charge in [0.25, 0.3) is 0 Å². The van der Waals surface area contributed by atoms with Crippen LogP contribution in [0, 0.1) is 5.41 Å². The van der Waals surface area contributed by atoms with Crippen molar-refractivity contribution in [3.05, 3.63) is 75.9 Å². The predicted octanol–water partition coefficient (Wildman–Crippen LogP) is 5.08. The first kappa shape index (κ1) is 16.4. The smallest absolute Gasteiger partial charge is 0.189 e. The fourth-order valence-corrected chi connectivity index (χ4v) is 3.21. The monoisotopic (exact) mass is 318 g/mol. The standard InChI is InChI=1S/C22H22O2/c1-13-10-15(12-19(21(13)24)22(3,4)5)18-11-14(2)20(23)17-9-7-6-8-16(17)18/h6-12H,1-5H3. The highest BCUT2D eigenvalue weighted by atomic mass is 16.1. The van der Waals surface area contributed by atoms with Gasteiger partial charge < -0.3 is 0 Å². The van der Waals surface area contributed by atoms with Crippen molar-refractivity contribution in [3.63, 3.8) is 0 Å². The average molecular weight is 318 g/mol. The van der Waals surface area contributed by atoms with Gasteiger partial charge in [0, 0.05) is 11.1 Å². The summed E-state index contributed by atoms with van der Waals surface area (Å²) in [6.07, 6.45) is 5.86. The van der Waals surface area contributed by atoms with Gasteiger partial charge in [-0.1, -0.05) is 45.0 Å². The summed E-state index contributed by atoms with van der Waals surface area (Å²) in [5.41, 5.74) is 5.73. The van der Waals surface area contributed by atoms with Crippen LogP contribution in [0.4, 0.5) is 0 Å². The number of rotatable bonds is 0. The molecule has 0 N–H and O–H groups in total. The Morgan fingerprint density at radius 3 is 1.96 bits per heavy atom. The van der Waals surface area contributed by atoms with Gasteiger partial charge in [-0.05, 0) is 65.3 Å². The zero-order chi connectivity index (χ0) is 17.6. The van der Waals surface area contributed by atoms with E-state index in [9.17, 15) is 9.59 Å². The summed E-state index contributed by atoms with van der Waals surface area (Å²) in [6, 6.07) is 7.68. The van der Waals surface area contributed by atoms with E-state index in [0.29, 0.717) is 0 Å². The van der Waals surface area contributed by atoms with Crippen molar-refractivity contribution in [2.24, 2.45) is 5.41 Å². The predicted molar refractivity (Wildman–Crippen MR) is 97.8 cm³/mol. The molecule has 3 rings (SSSR count). The second-order valence-corrected chi connectivity index (χ2v) is 7.54. The molecule has 2 heteroatoms. The van der Waals surface area contributed by atoms with Crippen molar-refractivity contribution < 1.29 is 9.59 Å². The minimum absolute atomic E-state index is 0.0718. The maximum atomic E-state index is 12.5. The van der Waals surface area contributed by atoms with Gasteiger partial charge in [-0.3, -0.25) is 9.59 Å². The van der Waals surface area contributed by atoms with Crippen molar-refractivity contribution in [2.45, 2.75) is 34.6 Å². The zero-order valence-electron chi connectivity index (χ0n) is 14.9. The molecule has 0 saturated heterocycles. The van der Waals surface area contributed by atoms with E-state index >= 15 is 0 Å². The minimum atomic E-state index is -0.221. The van der Waals surface area contributed by atoms with Gasteiger partial charge in [-0.25, -0.2) is 0 Å². The summed E-state index contributed by atoms with van der Waals surface area (Å²) in [5, 5.41) is 0. The second-order valence-electron chi connectivity index (χ2n) is 7.54. The van der Waals surface area contributed by atoms with Crippen molar-refractivity contribution >= 4 is 17.1 Å². The van der Waals surface area contributed by atoms with Crippen LogP contribution in [0.1, 0.15) is 50.5 Å². The van der Waals surface area contributed by atoms with E-state index in [4.69, 9.17) is 0 Å². The van der Waals surface area contributed by atoms with E-state index in [1.54, 1.807) is 0 Å². The summed E-state index contributed by atoms with van der Waals surface area (Å²) < 4.78 is 0. The van der Waals surface area contributed by atoms with Crippen LogP contribution in [0.5, 0.6) is 0 Å². The molecule has 0 atom stereocenters. The number of carbonyl (C=O) groups excluding carboxylic acids is 2. The van der Waals surface area contributed by atoms with Crippen molar-refractivity contribution in [1.29, 1.82) is 0 Å². The molecule has 0 aliphatic heterocycles. The third-order valence-corrected chi connectivity index (χ3v) is 4.57. The summed E-state index contributed by atoms with van der Waals surface area (Å²) >= 11 is 0. The first-order valence-electron chi connectivity index (χ1n) is 8.22. The third kappa shape index (κ3) is 2.62. The van der Waals surface area contributed by atoms with E-state index in [1.165, 1.54) is 0 Å². The Bertz CT molecular complexity index is 881. The fraction of sp³-hybridized carbons (Fsp3) is 0.273. The summed E-state index contributed by atoms with van der Waals surface area (Å²) in [6.45, 7) is 9.86. The van der Waals surface area contributed by atoms with Gasteiger partial charge in [-0.2, -0.15) is 0 Å². The van der Waals surface area contributed by atoms with Crippen LogP contribution in [-0.2, 0) is 4.79 Å². The molecule has 0 unspecified atom stereocenters. The Morgan fingerprint density at radius 1 is 0.750 bits per heavy atom. The van der Waals surface area contributed by atoms with E-state index in [2.05, 4.69) is 20.8 Å². The molecule has 0 fully saturated rings. The van der Waals surface area contributed by atoms with Crippen molar-refractivity contribution in [1.82, 2.24) is 0 Å². The topological polar surface area (TPSA) is 34.1 Å². The Morgan fingerprint density at radius 2 is 1.33 bits per heavy atom. The first-order valence-corrected chi connectivity index (χ1v) is 8.22. The van der Waals surface area contributed by atoms with Crippen LogP contribution in [0.3, 0.4) is 0 Å². The minimum Gasteiger partial charge on any atom is -0.289 e. The largest absolute Gasteiger partial charge is 0.289 e. The van der Waals surface area contributed by atoms with E-state index in [0.717, 1.165) is 39.0 Å². The number of Topliss-reactive ketones (excluding diaryl/α,β-unsaturated/α-hetero) is 2. The number of allylic oxidation sites excluding steroid dienone is 8. The van der Waals surface area contributed by atoms with E-state index in [-0.39, 0.29) is 17.0 Å². The van der Waals surface area contributed by atoms with Crippen LogP contribution in [0.25, 0.3) is 5.57 Å². The Kier molecular flexibility index (Phi) is 3.79. The van der Waals surface area contributed by atoms with Crippen LogP contribution in [-0.4, -0.2) is 11.6 Å². The van der Waals surface area contributed by atoms with Crippen molar-refractivity contribution in [3.8, 4) is 0 Å². The highest BCUT2D eigenvalue weighted by Crippen LogP contribution is 2.38. The lowest BCUT2D eigenvalue weighted by atomic mass is 9.76. The number of fused-ring (bicyclic) bond motifs is 1. The highest BCUT2D eigenvalue weighted by Gasteiger charge is 2.29. The number of carbonyl (C=O) groups is 2. The number of benzene rings is 1. The van der Waals surface area contributed by atoms with Gasteiger partial charge in [0.15, 0.2) is 11.6 Å². The van der Waals surface area contributed by atoms with Gasteiger partial charge in [-0.15, -0.1) is 0 Å². The number of hydrogen-bond acceptors (Lipinski definition) is 2. The third-order valence-electron chi connectivity index (χ3n) is 4.57. The second kappa shape index (κ2) is 5.55. The molecule has 122 valence electrons. The molecule has 0 aromatic heterocycles. The molecular formula is C22H22O2. The normalized spacial score (nSPS) is 21.1. The zero-order valence-corrected chi connectivity index (χ0v) is 14.9. The van der Waals surface area contributed by atoms with Gasteiger partial charge in [0.05, 0.1) is 0 Å². The van der Waals surface area contributed by atoms with E-state index in [1.807, 2.05) is 56.3 Å². The summed E-state index contributed by atoms with van der Waals surface area (Å²) in [4.78, 5) is 24.9. The highest BCUT2D eigenvalue weighted by molar-refractivity contribution is 6.17. The molecule has 0 bridgehead atoms. The molecule has 0 spiro atoms. The van der Waals surface area contributed by atoms with Gasteiger partial charge in [0.1, 0.15) is 0 Å². The number of hydrogen-bond donors (Lipinski definition) is 0. The quantitative estimate of drug-likeness (QED) is 0.668. The molecular weight excluding hydrogens is 296 g/mol. The molecule has 2 nitrogen and oxygen atoms in total. The van der Waals surface area contributed by atoms with Crippen LogP contribution < -0.4 is 0 Å². The lowest BCUT2D eigenvalue weighted by molar-refractivity contribution is -0.113. The van der Waals surface area contributed by atoms with Crippen LogP contribution in [0.15, 0.2) is 64.8 Å². The molecule has 0 saturated carbocycles. The lowest BCUT2D eigenvalue weighted by Gasteiger charge is -2.27. The molecule has 1 aromatic carbocycles. The molecule has 24 heavy (non-hydrogen) atoms. The van der Waals surface area contributed by atoms with Crippen LogP contribution in [0.2, 0.25) is 0 Å². The van der Waals surface area contributed by atoms with Crippen LogP contribution >= 0.6 is 0 Å². The molecule has 0 radical (unpaired) electrons. The Hall–Kier alpha value is -2.48. The van der Waals surface area contributed by atoms with Gasteiger partial charge >= 0.3 is 0 Å². The number of ketones is 2. The Balaban J connectivity index is 2.30. The molecule has 1 aromatic rings. The molecule has 0 amide bonds. The first-order chi connectivity index (χ1) is 11.2. The fourth-order valence-electron chi connectivity index (χ4n) is 3.21. The van der Waals surface area contributed by atoms with E-state index < -0.39 is 0 Å².